The van der Waals surface area contributed by atoms with Gasteiger partial charge in [0.25, 0.3) is 0 Å². The molecule has 0 amide bonds. The summed E-state index contributed by atoms with van der Waals surface area (Å²) in [6.45, 7) is 34.3. The number of aliphatic imine (C=N–C) groups is 2. The van der Waals surface area contributed by atoms with E-state index in [2.05, 4.69) is 80.8 Å². The quantitative estimate of drug-likeness (QED) is 0.477. The van der Waals surface area contributed by atoms with Crippen LogP contribution in [-0.4, -0.2) is 34.5 Å². The number of hydrogen-bond donors (Lipinski definition) is 1. The van der Waals surface area contributed by atoms with Crippen molar-refractivity contribution < 1.29 is 0 Å². The lowest BCUT2D eigenvalue weighted by atomic mass is 10.0. The van der Waals surface area contributed by atoms with Gasteiger partial charge in [0.05, 0.1) is 18.9 Å². The lowest BCUT2D eigenvalue weighted by molar-refractivity contribution is 0.469. The van der Waals surface area contributed by atoms with Crippen molar-refractivity contribution in [2.24, 2.45) is 20.8 Å². The van der Waals surface area contributed by atoms with Crippen LogP contribution < -0.4 is 0 Å². The first-order chi connectivity index (χ1) is 13.0. The highest BCUT2D eigenvalue weighted by atomic mass is 15.3. The van der Waals surface area contributed by atoms with Crippen LogP contribution in [0.4, 0.5) is 0 Å². The van der Waals surface area contributed by atoms with Crippen LogP contribution in [-0.2, 0) is 0 Å². The topological polar surface area (TPSA) is 66.3 Å². The Morgan fingerprint density at radius 1 is 0.607 bits per heavy atom. The molecule has 2 heterocycles. The summed E-state index contributed by atoms with van der Waals surface area (Å²) in [6.07, 6.45) is 6.49. The first-order valence-corrected chi connectivity index (χ1v) is 10.8. The molecule has 0 aliphatic carbocycles. The van der Waals surface area contributed by atoms with E-state index in [1.807, 2.05) is 55.4 Å². The van der Waals surface area contributed by atoms with Gasteiger partial charge in [-0.05, 0) is 10.8 Å². The molecule has 1 aliphatic heterocycles. The third-order valence-corrected chi connectivity index (χ3v) is 0.772. The molecule has 0 unspecified atom stereocenters. The van der Waals surface area contributed by atoms with E-state index < -0.39 is 0 Å². The molecule has 0 spiro atoms. The van der Waals surface area contributed by atoms with Crippen LogP contribution in [0.5, 0.6) is 0 Å². The van der Waals surface area contributed by atoms with Gasteiger partial charge < -0.3 is 0 Å². The van der Waals surface area contributed by atoms with Crippen LogP contribution in [0.2, 0.25) is 0 Å². The number of nitrogens with one attached hydrogen (secondary N) is 1. The summed E-state index contributed by atoms with van der Waals surface area (Å²) in [6, 6.07) is 0. The zero-order valence-corrected chi connectivity index (χ0v) is 22.3. The van der Waals surface area contributed by atoms with Gasteiger partial charge in [-0.15, -0.1) is 0 Å². The highest BCUT2D eigenvalue weighted by Crippen LogP contribution is 2.08. The Labute approximate surface area is 179 Å². The van der Waals surface area contributed by atoms with E-state index in [0.717, 1.165) is 6.54 Å². The van der Waals surface area contributed by atoms with E-state index in [1.54, 1.807) is 24.9 Å². The van der Waals surface area contributed by atoms with Crippen LogP contribution in [0, 0.1) is 10.8 Å². The summed E-state index contributed by atoms with van der Waals surface area (Å²) < 4.78 is 0. The fraction of sp³-hybridized carbons (Fsp3) is 0.826. The minimum Gasteiger partial charge on any atom is -0.268 e. The minimum atomic E-state index is 0.500. The summed E-state index contributed by atoms with van der Waals surface area (Å²) >= 11 is 0. The molecule has 5 heteroatoms. The summed E-state index contributed by atoms with van der Waals surface area (Å²) in [5.41, 5.74) is 1.00. The summed E-state index contributed by atoms with van der Waals surface area (Å²) in [5, 5.41) is 9.33. The monoisotopic (exact) mass is 401 g/mol. The van der Waals surface area contributed by atoms with Crippen molar-refractivity contribution in [1.82, 2.24) is 15.4 Å². The molecule has 1 N–H and O–H groups in total. The van der Waals surface area contributed by atoms with Crippen LogP contribution in [0.15, 0.2) is 22.4 Å². The van der Waals surface area contributed by atoms with Gasteiger partial charge in [-0.2, -0.15) is 15.4 Å². The van der Waals surface area contributed by atoms with Gasteiger partial charge >= 0.3 is 0 Å². The van der Waals surface area contributed by atoms with E-state index in [-0.39, 0.29) is 0 Å². The van der Waals surface area contributed by atoms with Crippen molar-refractivity contribution in [3.63, 3.8) is 0 Å². The van der Waals surface area contributed by atoms with Crippen LogP contribution in [0.1, 0.15) is 111 Å². The molecule has 0 saturated carbocycles. The summed E-state index contributed by atoms with van der Waals surface area (Å²) in [7, 11) is 0. The molecule has 28 heavy (non-hydrogen) atoms. The number of aromatic nitrogens is 3. The van der Waals surface area contributed by atoms with Gasteiger partial charge in [0, 0.05) is 6.21 Å². The Balaban J connectivity index is -0.0000000515. The van der Waals surface area contributed by atoms with Crippen molar-refractivity contribution in [3.8, 4) is 0 Å². The van der Waals surface area contributed by atoms with Crippen LogP contribution in [0.25, 0.3) is 0 Å². The van der Waals surface area contributed by atoms with E-state index in [9.17, 15) is 0 Å². The zero-order chi connectivity index (χ0) is 24.1. The highest BCUT2D eigenvalue weighted by Gasteiger charge is 1.96. The highest BCUT2D eigenvalue weighted by molar-refractivity contribution is 5.79. The molecule has 0 aromatic carbocycles. The molecule has 172 valence electrons. The Morgan fingerprint density at radius 2 is 0.893 bits per heavy atom. The lowest BCUT2D eigenvalue weighted by Crippen LogP contribution is -1.93. The van der Waals surface area contributed by atoms with Gasteiger partial charge in [0.1, 0.15) is 6.34 Å². The first-order valence-electron chi connectivity index (χ1n) is 10.8. The average molecular weight is 402 g/mol. The second kappa shape index (κ2) is 36.4. The van der Waals surface area contributed by atoms with Crippen molar-refractivity contribution in [2.75, 3.05) is 6.54 Å². The molecule has 1 aliphatic rings. The molecule has 5 nitrogen and oxygen atoms in total. The molecule has 0 fully saturated rings. The lowest BCUT2D eigenvalue weighted by Gasteiger charge is -2.05. The number of H-pyrrole nitrogens is 1. The maximum Gasteiger partial charge on any atom is 0.109 e. The van der Waals surface area contributed by atoms with Crippen molar-refractivity contribution in [1.29, 1.82) is 0 Å². The first kappa shape index (κ1) is 41.0. The van der Waals surface area contributed by atoms with Crippen LogP contribution >= 0.6 is 0 Å². The van der Waals surface area contributed by atoms with E-state index in [1.165, 1.54) is 0 Å². The summed E-state index contributed by atoms with van der Waals surface area (Å²) in [5.74, 6) is 0. The normalized spacial score (nSPS) is 9.71. The molecule has 2 rings (SSSR count). The average Bonchev–Trinajstić information content (AvgIpc) is 3.37. The van der Waals surface area contributed by atoms with Gasteiger partial charge in [0.2, 0.25) is 0 Å². The molecule has 1 aromatic rings. The molecule has 0 bridgehead atoms. The summed E-state index contributed by atoms with van der Waals surface area (Å²) in [4.78, 5) is 7.40. The Bertz CT molecular complexity index is 291. The third-order valence-electron chi connectivity index (χ3n) is 0.772. The SMILES string of the molecule is C1=NC=NC1.CC.CC.CC.CC.CC(C)(C)C.CC(C)(C)C.c1cn[nH]n1. The second-order valence-corrected chi connectivity index (χ2v) is 7.47. The van der Waals surface area contributed by atoms with Crippen molar-refractivity contribution in [3.05, 3.63) is 12.4 Å². The maximum atomic E-state index is 3.74. The molecule has 1 aromatic heterocycles. The van der Waals surface area contributed by atoms with E-state index >= 15 is 0 Å². The molecule has 0 radical (unpaired) electrons. The van der Waals surface area contributed by atoms with Crippen molar-refractivity contribution in [2.45, 2.75) is 111 Å². The smallest absolute Gasteiger partial charge is 0.109 e. The minimum absolute atomic E-state index is 0.500. The fourth-order valence-electron chi connectivity index (χ4n) is 0.402. The molecular formula is C23H55N5. The maximum absolute atomic E-state index is 3.74. The molecular weight excluding hydrogens is 346 g/mol. The largest absolute Gasteiger partial charge is 0.268 e. The predicted octanol–water partition coefficient (Wildman–Crippen LogP) is 8.11. The molecule has 0 atom stereocenters. The Kier molecular flexibility index (Phi) is 53.3. The van der Waals surface area contributed by atoms with Crippen molar-refractivity contribution >= 4 is 12.6 Å². The Hall–Kier alpha value is -1.52. The zero-order valence-electron chi connectivity index (χ0n) is 22.3. The number of aromatic amines is 1. The van der Waals surface area contributed by atoms with Gasteiger partial charge in [-0.1, -0.05) is 111 Å². The Morgan fingerprint density at radius 3 is 0.964 bits per heavy atom. The number of nitrogens with zero attached hydrogens (tertiary/aromatic N) is 4. The standard InChI is InChI=1S/2C5H12.C3H4N2.C2H3N3.4C2H6/c2*1-5(2,3)4;1-2-5-3-4-1;1-2-4-5-3-1;4*1-2/h2*1-4H3;1,3H,2H2;1-2H,(H,3,4,5);4*1-2H3. The second-order valence-electron chi connectivity index (χ2n) is 7.47. The fourth-order valence-corrected chi connectivity index (χ4v) is 0.402. The third kappa shape index (κ3) is 188. The van der Waals surface area contributed by atoms with E-state index in [4.69, 9.17) is 0 Å². The van der Waals surface area contributed by atoms with Gasteiger partial charge in [-0.25, -0.2) is 4.99 Å². The predicted molar refractivity (Wildman–Crippen MR) is 134 cm³/mol. The van der Waals surface area contributed by atoms with E-state index in [0.29, 0.717) is 10.8 Å². The van der Waals surface area contributed by atoms with Crippen LogP contribution in [0.3, 0.4) is 0 Å². The number of rotatable bonds is 0. The van der Waals surface area contributed by atoms with Gasteiger partial charge in [0.15, 0.2) is 0 Å². The number of hydrogen-bond acceptors (Lipinski definition) is 4. The molecule has 0 saturated heterocycles. The van der Waals surface area contributed by atoms with Gasteiger partial charge in [-0.3, -0.25) is 4.99 Å².